The second-order valence-corrected chi connectivity index (χ2v) is 4.22. The average molecular weight is 277 g/mol. The molecule has 6 heteroatoms. The molecule has 1 amide bonds. The summed E-state index contributed by atoms with van der Waals surface area (Å²) >= 11 is 0. The van der Waals surface area contributed by atoms with E-state index in [-0.39, 0.29) is 6.61 Å². The minimum Gasteiger partial charge on any atom is -0.450 e. The predicted molar refractivity (Wildman–Crippen MR) is 71.6 cm³/mol. The van der Waals surface area contributed by atoms with Crippen molar-refractivity contribution in [2.24, 2.45) is 7.05 Å². The van der Waals surface area contributed by atoms with Crippen LogP contribution in [0.15, 0.2) is 36.7 Å². The Morgan fingerprint density at radius 2 is 2.25 bits per heavy atom. The molecule has 1 aromatic heterocycles. The van der Waals surface area contributed by atoms with E-state index in [1.165, 1.54) is 6.07 Å². The first-order chi connectivity index (χ1) is 9.63. The normalized spacial score (nSPS) is 11.9. The monoisotopic (exact) mass is 277 g/mol. The molecule has 2 rings (SSSR count). The maximum Gasteiger partial charge on any atom is 0.407 e. The number of hydrogen-bond donors (Lipinski definition) is 1. The Morgan fingerprint density at radius 1 is 1.50 bits per heavy atom. The molecule has 5 nitrogen and oxygen atoms in total. The molecule has 106 valence electrons. The minimum absolute atomic E-state index is 0.246. The van der Waals surface area contributed by atoms with Crippen LogP contribution in [0, 0.1) is 5.82 Å². The minimum atomic E-state index is -0.699. The standard InChI is InChI=1S/C14H16FN3O2/c1-3-20-14(19)17-12(13-16-8-9-18(13)2)10-6-4-5-7-11(10)15/h4-9,12H,3H2,1-2H3,(H,17,19). The van der Waals surface area contributed by atoms with Crippen LogP contribution >= 0.6 is 0 Å². The van der Waals surface area contributed by atoms with E-state index >= 15 is 0 Å². The lowest BCUT2D eigenvalue weighted by Gasteiger charge is -2.19. The third-order valence-electron chi connectivity index (χ3n) is 2.87. The lowest BCUT2D eigenvalue weighted by Crippen LogP contribution is -2.32. The average Bonchev–Trinajstić information content (AvgIpc) is 2.83. The van der Waals surface area contributed by atoms with Gasteiger partial charge in [0, 0.05) is 25.0 Å². The van der Waals surface area contributed by atoms with Crippen molar-refractivity contribution in [3.8, 4) is 0 Å². The Balaban J connectivity index is 2.37. The van der Waals surface area contributed by atoms with Gasteiger partial charge in [-0.2, -0.15) is 0 Å². The highest BCUT2D eigenvalue weighted by molar-refractivity contribution is 5.68. The van der Waals surface area contributed by atoms with Crippen molar-refractivity contribution in [2.75, 3.05) is 6.61 Å². The third kappa shape index (κ3) is 2.96. The number of carbonyl (C=O) groups excluding carboxylic acids is 1. The number of benzene rings is 1. The van der Waals surface area contributed by atoms with Crippen LogP contribution in [0.4, 0.5) is 9.18 Å². The Labute approximate surface area is 116 Å². The van der Waals surface area contributed by atoms with Gasteiger partial charge in [0.05, 0.1) is 6.61 Å². The summed E-state index contributed by atoms with van der Waals surface area (Å²) in [4.78, 5) is 15.8. The maximum atomic E-state index is 14.0. The van der Waals surface area contributed by atoms with E-state index in [0.717, 1.165) is 0 Å². The van der Waals surface area contributed by atoms with Crippen molar-refractivity contribution in [3.05, 3.63) is 53.9 Å². The van der Waals surface area contributed by atoms with Gasteiger partial charge in [-0.15, -0.1) is 0 Å². The first-order valence-electron chi connectivity index (χ1n) is 6.28. The van der Waals surface area contributed by atoms with E-state index in [9.17, 15) is 9.18 Å². The molecule has 0 fully saturated rings. The van der Waals surface area contributed by atoms with Crippen LogP contribution in [0.5, 0.6) is 0 Å². The molecule has 1 aromatic carbocycles. The van der Waals surface area contributed by atoms with E-state index in [0.29, 0.717) is 11.4 Å². The lowest BCUT2D eigenvalue weighted by molar-refractivity contribution is 0.149. The summed E-state index contributed by atoms with van der Waals surface area (Å²) in [5, 5.41) is 2.63. The summed E-state index contributed by atoms with van der Waals surface area (Å²) in [6, 6.07) is 5.56. The molecule has 1 atom stereocenters. The molecule has 1 heterocycles. The molecule has 0 bridgehead atoms. The second kappa shape index (κ2) is 6.18. The van der Waals surface area contributed by atoms with Crippen molar-refractivity contribution in [1.29, 1.82) is 0 Å². The molecular weight excluding hydrogens is 261 g/mol. The van der Waals surface area contributed by atoms with E-state index in [4.69, 9.17) is 4.74 Å². The van der Waals surface area contributed by atoms with Crippen molar-refractivity contribution >= 4 is 6.09 Å². The smallest absolute Gasteiger partial charge is 0.407 e. The van der Waals surface area contributed by atoms with Gasteiger partial charge in [0.2, 0.25) is 0 Å². The molecule has 0 aliphatic heterocycles. The number of rotatable bonds is 4. The molecule has 0 aliphatic rings. The van der Waals surface area contributed by atoms with Gasteiger partial charge in [-0.3, -0.25) is 0 Å². The Morgan fingerprint density at radius 3 is 2.85 bits per heavy atom. The van der Waals surface area contributed by atoms with Crippen LogP contribution in [-0.2, 0) is 11.8 Å². The fourth-order valence-electron chi connectivity index (χ4n) is 1.94. The quantitative estimate of drug-likeness (QED) is 0.933. The highest BCUT2D eigenvalue weighted by Gasteiger charge is 2.23. The number of amides is 1. The molecule has 2 aromatic rings. The molecule has 0 saturated carbocycles. The Hall–Kier alpha value is -2.37. The van der Waals surface area contributed by atoms with E-state index in [1.54, 1.807) is 49.1 Å². The van der Waals surface area contributed by atoms with Gasteiger partial charge in [-0.1, -0.05) is 18.2 Å². The van der Waals surface area contributed by atoms with E-state index in [1.807, 2.05) is 0 Å². The number of carbonyl (C=O) groups is 1. The van der Waals surface area contributed by atoms with Gasteiger partial charge in [0.25, 0.3) is 0 Å². The zero-order chi connectivity index (χ0) is 14.5. The van der Waals surface area contributed by atoms with E-state index in [2.05, 4.69) is 10.3 Å². The van der Waals surface area contributed by atoms with Crippen molar-refractivity contribution < 1.29 is 13.9 Å². The molecule has 1 N–H and O–H groups in total. The first-order valence-corrected chi connectivity index (χ1v) is 6.28. The maximum absolute atomic E-state index is 14.0. The van der Waals surface area contributed by atoms with Gasteiger partial charge in [0.1, 0.15) is 17.7 Å². The summed E-state index contributed by atoms with van der Waals surface area (Å²) in [7, 11) is 1.78. The SMILES string of the molecule is CCOC(=O)NC(c1ccccc1F)c1nccn1C. The van der Waals surface area contributed by atoms with Crippen LogP contribution in [0.25, 0.3) is 0 Å². The van der Waals surface area contributed by atoms with Gasteiger partial charge in [0.15, 0.2) is 0 Å². The fourth-order valence-corrected chi connectivity index (χ4v) is 1.94. The summed E-state index contributed by atoms with van der Waals surface area (Å²) in [6.45, 7) is 1.95. The van der Waals surface area contributed by atoms with Gasteiger partial charge < -0.3 is 14.6 Å². The van der Waals surface area contributed by atoms with Crippen LogP contribution in [0.3, 0.4) is 0 Å². The van der Waals surface area contributed by atoms with Gasteiger partial charge in [-0.05, 0) is 13.0 Å². The number of alkyl carbamates (subject to hydrolysis) is 1. The zero-order valence-electron chi connectivity index (χ0n) is 11.3. The van der Waals surface area contributed by atoms with Crippen LogP contribution in [-0.4, -0.2) is 22.3 Å². The molecule has 20 heavy (non-hydrogen) atoms. The third-order valence-corrected chi connectivity index (χ3v) is 2.87. The summed E-state index contributed by atoms with van der Waals surface area (Å²) < 4.78 is 20.6. The van der Waals surface area contributed by atoms with Crippen LogP contribution in [0.2, 0.25) is 0 Å². The molecule has 0 aliphatic carbocycles. The first kappa shape index (κ1) is 14.0. The number of ether oxygens (including phenoxy) is 1. The topological polar surface area (TPSA) is 56.1 Å². The zero-order valence-corrected chi connectivity index (χ0v) is 11.3. The number of halogens is 1. The Bertz CT molecular complexity index is 598. The summed E-state index contributed by atoms with van der Waals surface area (Å²) in [5.74, 6) is 0.125. The highest BCUT2D eigenvalue weighted by atomic mass is 19.1. The van der Waals surface area contributed by atoms with Crippen molar-refractivity contribution in [1.82, 2.24) is 14.9 Å². The van der Waals surface area contributed by atoms with Crippen LogP contribution in [0.1, 0.15) is 24.4 Å². The number of imidazole rings is 1. The van der Waals surface area contributed by atoms with E-state index < -0.39 is 18.0 Å². The molecule has 0 radical (unpaired) electrons. The van der Waals surface area contributed by atoms with Crippen molar-refractivity contribution in [2.45, 2.75) is 13.0 Å². The number of nitrogens with zero attached hydrogens (tertiary/aromatic N) is 2. The predicted octanol–water partition coefficient (Wildman–Crippen LogP) is 2.39. The van der Waals surface area contributed by atoms with Gasteiger partial charge >= 0.3 is 6.09 Å². The Kier molecular flexibility index (Phi) is 4.34. The lowest BCUT2D eigenvalue weighted by atomic mass is 10.1. The number of aromatic nitrogens is 2. The largest absolute Gasteiger partial charge is 0.450 e. The number of nitrogens with one attached hydrogen (secondary N) is 1. The highest BCUT2D eigenvalue weighted by Crippen LogP contribution is 2.23. The molecular formula is C14H16FN3O2. The summed E-state index contributed by atoms with van der Waals surface area (Å²) in [6.07, 6.45) is 2.72. The van der Waals surface area contributed by atoms with Gasteiger partial charge in [-0.25, -0.2) is 14.2 Å². The van der Waals surface area contributed by atoms with Crippen LogP contribution < -0.4 is 5.32 Å². The molecule has 1 unspecified atom stereocenters. The molecule has 0 saturated heterocycles. The number of aryl methyl sites for hydroxylation is 1. The van der Waals surface area contributed by atoms with Crippen molar-refractivity contribution in [3.63, 3.8) is 0 Å². The number of hydrogen-bond acceptors (Lipinski definition) is 3. The second-order valence-electron chi connectivity index (χ2n) is 4.22. The summed E-state index contributed by atoms with van der Waals surface area (Å²) in [5.41, 5.74) is 0.342. The molecule has 0 spiro atoms. The fraction of sp³-hybridized carbons (Fsp3) is 0.286.